The second-order valence-corrected chi connectivity index (χ2v) is 6.98. The van der Waals surface area contributed by atoms with Crippen LogP contribution in [0.1, 0.15) is 25.8 Å². The fourth-order valence-corrected chi connectivity index (χ4v) is 3.37. The van der Waals surface area contributed by atoms with E-state index in [9.17, 15) is 14.0 Å². The Hall–Kier alpha value is -1.50. The number of aliphatic hydroxyl groups excluding tert-OH is 1. The molecular weight excluding hydrogens is 347 g/mol. The molecule has 2 rings (SSSR count). The summed E-state index contributed by atoms with van der Waals surface area (Å²) < 4.78 is 13.4. The number of piperidine rings is 1. The third kappa shape index (κ3) is 5.00. The summed E-state index contributed by atoms with van der Waals surface area (Å²) in [7, 11) is 0. The Balaban J connectivity index is 1.92. The number of aliphatic hydroxyl groups is 1. The van der Waals surface area contributed by atoms with Gasteiger partial charge in [-0.1, -0.05) is 24.6 Å². The van der Waals surface area contributed by atoms with Crippen LogP contribution in [0.2, 0.25) is 5.02 Å². The third-order valence-electron chi connectivity index (χ3n) is 5.00. The average Bonchev–Trinajstić information content (AvgIpc) is 2.57. The molecular formula is C18H24ClFN2O3. The van der Waals surface area contributed by atoms with Gasteiger partial charge in [-0.15, -0.1) is 0 Å². The maximum absolute atomic E-state index is 13.4. The number of β-amino-alcohol motifs (C(OH)–C–C–N with tert-alkyl or cyclic N) is 1. The van der Waals surface area contributed by atoms with Crippen LogP contribution in [-0.4, -0.2) is 53.5 Å². The first-order valence-corrected chi connectivity index (χ1v) is 8.83. The van der Waals surface area contributed by atoms with Gasteiger partial charge >= 0.3 is 0 Å². The lowest BCUT2D eigenvalue weighted by molar-refractivity contribution is -0.138. The van der Waals surface area contributed by atoms with Crippen molar-refractivity contribution in [3.05, 3.63) is 34.6 Å². The number of amides is 1. The summed E-state index contributed by atoms with van der Waals surface area (Å²) in [6.45, 7) is 5.54. The molecule has 1 heterocycles. The maximum atomic E-state index is 13.4. The standard InChI is InChI=1S/C18H24ClFN2O3/c1-11-12(2)22(7-8-23)6-5-16(11)21-18(25)17(24)10-13-3-4-14(19)15(20)9-13/h3-4,9,11-12,16,23H,5-8,10H2,1-2H3,(H,21,25). The summed E-state index contributed by atoms with van der Waals surface area (Å²) in [5.74, 6) is -1.69. The van der Waals surface area contributed by atoms with Crippen molar-refractivity contribution >= 4 is 23.3 Å². The number of ketones is 1. The number of hydrogen-bond acceptors (Lipinski definition) is 4. The minimum absolute atomic E-state index is 0.0156. The number of benzene rings is 1. The van der Waals surface area contributed by atoms with Gasteiger partial charge in [-0.25, -0.2) is 4.39 Å². The number of rotatable bonds is 6. The Bertz CT molecular complexity index is 641. The van der Waals surface area contributed by atoms with E-state index in [-0.39, 0.29) is 36.1 Å². The molecule has 0 bridgehead atoms. The van der Waals surface area contributed by atoms with Crippen molar-refractivity contribution in [1.82, 2.24) is 10.2 Å². The molecule has 25 heavy (non-hydrogen) atoms. The molecule has 3 unspecified atom stereocenters. The SMILES string of the molecule is CC1C(NC(=O)C(=O)Cc2ccc(Cl)c(F)c2)CCN(CCO)C1C. The van der Waals surface area contributed by atoms with Crippen LogP contribution in [0.25, 0.3) is 0 Å². The van der Waals surface area contributed by atoms with Gasteiger partial charge in [0.25, 0.3) is 5.91 Å². The lowest BCUT2D eigenvalue weighted by atomic mass is 9.87. The molecule has 0 aliphatic carbocycles. The number of carbonyl (C=O) groups excluding carboxylic acids is 2. The number of carbonyl (C=O) groups is 2. The Kier molecular flexibility index (Phi) is 6.93. The molecule has 1 amide bonds. The summed E-state index contributed by atoms with van der Waals surface area (Å²) in [5.41, 5.74) is 0.418. The van der Waals surface area contributed by atoms with Crippen LogP contribution in [-0.2, 0) is 16.0 Å². The average molecular weight is 371 g/mol. The zero-order valence-corrected chi connectivity index (χ0v) is 15.2. The fraction of sp³-hybridized carbons (Fsp3) is 0.556. The lowest BCUT2D eigenvalue weighted by Crippen LogP contribution is -2.55. The number of likely N-dealkylation sites (tertiary alicyclic amines) is 1. The van der Waals surface area contributed by atoms with Gasteiger partial charge in [0, 0.05) is 31.6 Å². The van der Waals surface area contributed by atoms with Gasteiger partial charge < -0.3 is 10.4 Å². The predicted octanol–water partition coefficient (Wildman–Crippen LogP) is 1.80. The Morgan fingerprint density at radius 3 is 2.76 bits per heavy atom. The molecule has 0 radical (unpaired) electrons. The van der Waals surface area contributed by atoms with E-state index in [0.29, 0.717) is 12.1 Å². The van der Waals surface area contributed by atoms with Gasteiger partial charge in [0.2, 0.25) is 5.78 Å². The molecule has 5 nitrogen and oxygen atoms in total. The molecule has 1 aromatic rings. The monoisotopic (exact) mass is 370 g/mol. The molecule has 2 N–H and O–H groups in total. The number of nitrogens with one attached hydrogen (secondary N) is 1. The Morgan fingerprint density at radius 1 is 1.40 bits per heavy atom. The first-order chi connectivity index (χ1) is 11.8. The highest BCUT2D eigenvalue weighted by Gasteiger charge is 2.33. The Morgan fingerprint density at radius 2 is 2.12 bits per heavy atom. The molecule has 1 aromatic carbocycles. The van der Waals surface area contributed by atoms with E-state index >= 15 is 0 Å². The number of Topliss-reactive ketones (excluding diaryl/α,β-unsaturated/α-hetero) is 1. The number of nitrogens with zero attached hydrogens (tertiary/aromatic N) is 1. The molecule has 1 saturated heterocycles. The lowest BCUT2D eigenvalue weighted by Gasteiger charge is -2.42. The number of hydrogen-bond donors (Lipinski definition) is 2. The highest BCUT2D eigenvalue weighted by atomic mass is 35.5. The van der Waals surface area contributed by atoms with Crippen LogP contribution in [0.5, 0.6) is 0 Å². The van der Waals surface area contributed by atoms with E-state index < -0.39 is 17.5 Å². The predicted molar refractivity (Wildman–Crippen MR) is 94.0 cm³/mol. The van der Waals surface area contributed by atoms with Crippen LogP contribution in [0.15, 0.2) is 18.2 Å². The van der Waals surface area contributed by atoms with E-state index in [1.807, 2.05) is 6.92 Å². The Labute approximate surface area is 152 Å². The quantitative estimate of drug-likeness (QED) is 0.749. The van der Waals surface area contributed by atoms with Crippen molar-refractivity contribution in [3.63, 3.8) is 0 Å². The van der Waals surface area contributed by atoms with Gasteiger partial charge in [0.05, 0.1) is 11.6 Å². The first kappa shape index (κ1) is 19.8. The van der Waals surface area contributed by atoms with E-state index in [2.05, 4.69) is 17.1 Å². The van der Waals surface area contributed by atoms with Crippen molar-refractivity contribution < 1.29 is 19.1 Å². The summed E-state index contributed by atoms with van der Waals surface area (Å²) in [4.78, 5) is 26.5. The highest BCUT2D eigenvalue weighted by molar-refractivity contribution is 6.36. The molecule has 0 saturated carbocycles. The maximum Gasteiger partial charge on any atom is 0.287 e. The molecule has 1 aliphatic rings. The minimum atomic E-state index is -0.644. The highest BCUT2D eigenvalue weighted by Crippen LogP contribution is 2.23. The topological polar surface area (TPSA) is 69.6 Å². The molecule has 0 aromatic heterocycles. The molecule has 1 fully saturated rings. The van der Waals surface area contributed by atoms with Crippen LogP contribution >= 0.6 is 11.6 Å². The van der Waals surface area contributed by atoms with Gasteiger partial charge in [-0.2, -0.15) is 0 Å². The zero-order chi connectivity index (χ0) is 18.6. The van der Waals surface area contributed by atoms with E-state index in [4.69, 9.17) is 16.7 Å². The third-order valence-corrected chi connectivity index (χ3v) is 5.31. The van der Waals surface area contributed by atoms with Crippen molar-refractivity contribution in [2.75, 3.05) is 19.7 Å². The second kappa shape index (κ2) is 8.74. The number of halogens is 2. The molecule has 138 valence electrons. The van der Waals surface area contributed by atoms with Gasteiger partial charge in [-0.05, 0) is 37.0 Å². The van der Waals surface area contributed by atoms with Crippen molar-refractivity contribution in [2.24, 2.45) is 5.92 Å². The van der Waals surface area contributed by atoms with E-state index in [1.54, 1.807) is 0 Å². The molecule has 0 spiro atoms. The van der Waals surface area contributed by atoms with Crippen molar-refractivity contribution in [3.8, 4) is 0 Å². The summed E-state index contributed by atoms with van der Waals surface area (Å²) in [6, 6.07) is 4.19. The zero-order valence-electron chi connectivity index (χ0n) is 14.5. The minimum Gasteiger partial charge on any atom is -0.395 e. The fourth-order valence-electron chi connectivity index (χ4n) is 3.25. The van der Waals surface area contributed by atoms with Crippen molar-refractivity contribution in [1.29, 1.82) is 0 Å². The normalized spacial score (nSPS) is 24.1. The first-order valence-electron chi connectivity index (χ1n) is 8.46. The van der Waals surface area contributed by atoms with Crippen LogP contribution in [0.3, 0.4) is 0 Å². The van der Waals surface area contributed by atoms with Gasteiger partial charge in [0.15, 0.2) is 0 Å². The summed E-state index contributed by atoms with van der Waals surface area (Å²) in [5, 5.41) is 11.9. The molecule has 7 heteroatoms. The van der Waals surface area contributed by atoms with E-state index in [0.717, 1.165) is 13.0 Å². The van der Waals surface area contributed by atoms with Gasteiger partial charge in [0.1, 0.15) is 5.82 Å². The van der Waals surface area contributed by atoms with Crippen molar-refractivity contribution in [2.45, 2.75) is 38.8 Å². The molecule has 1 aliphatic heterocycles. The van der Waals surface area contributed by atoms with Crippen LogP contribution < -0.4 is 5.32 Å². The van der Waals surface area contributed by atoms with Crippen LogP contribution in [0.4, 0.5) is 4.39 Å². The largest absolute Gasteiger partial charge is 0.395 e. The molecule has 3 atom stereocenters. The second-order valence-electron chi connectivity index (χ2n) is 6.58. The van der Waals surface area contributed by atoms with Gasteiger partial charge in [-0.3, -0.25) is 14.5 Å². The summed E-state index contributed by atoms with van der Waals surface area (Å²) in [6.07, 6.45) is 0.563. The van der Waals surface area contributed by atoms with E-state index in [1.165, 1.54) is 18.2 Å². The smallest absolute Gasteiger partial charge is 0.287 e. The summed E-state index contributed by atoms with van der Waals surface area (Å²) >= 11 is 5.61. The van der Waals surface area contributed by atoms with Crippen LogP contribution in [0, 0.1) is 11.7 Å².